The summed E-state index contributed by atoms with van der Waals surface area (Å²) in [6.07, 6.45) is -7.31. The molecule has 1 heterocycles. The fraction of sp³-hybridized carbons (Fsp3) is 0.0833. The monoisotopic (exact) mass is 393 g/mol. The van der Waals surface area contributed by atoms with Gasteiger partial charge in [0, 0.05) is 5.56 Å². The number of hydrogen-bond acceptors (Lipinski definition) is 1. The molecule has 1 unspecified atom stereocenters. The SMILES string of the molecule is OC(c1cc(-c2ccccc2)c(-c2ccc(-c3ccccc3)cc2)[nH]1)C(F)(F)F. The van der Waals surface area contributed by atoms with Gasteiger partial charge in [-0.25, -0.2) is 0 Å². The van der Waals surface area contributed by atoms with Crippen molar-refractivity contribution in [1.82, 2.24) is 4.98 Å². The Morgan fingerprint density at radius 1 is 0.655 bits per heavy atom. The highest BCUT2D eigenvalue weighted by atomic mass is 19.4. The maximum absolute atomic E-state index is 13.1. The van der Waals surface area contributed by atoms with Gasteiger partial charge in [0.2, 0.25) is 0 Å². The second-order valence-electron chi connectivity index (χ2n) is 6.77. The summed E-state index contributed by atoms with van der Waals surface area (Å²) in [5, 5.41) is 9.73. The number of rotatable bonds is 4. The van der Waals surface area contributed by atoms with Gasteiger partial charge in [0.25, 0.3) is 0 Å². The van der Waals surface area contributed by atoms with E-state index >= 15 is 0 Å². The highest BCUT2D eigenvalue weighted by Crippen LogP contribution is 2.39. The van der Waals surface area contributed by atoms with E-state index in [0.717, 1.165) is 22.3 Å². The second kappa shape index (κ2) is 7.60. The molecule has 0 aliphatic carbocycles. The smallest absolute Gasteiger partial charge is 0.378 e. The molecule has 0 fully saturated rings. The normalized spacial score (nSPS) is 12.7. The van der Waals surface area contributed by atoms with Crippen molar-refractivity contribution < 1.29 is 18.3 Å². The quantitative estimate of drug-likeness (QED) is 0.402. The summed E-state index contributed by atoms with van der Waals surface area (Å²) in [6, 6.07) is 27.9. The van der Waals surface area contributed by atoms with Crippen LogP contribution in [0.2, 0.25) is 0 Å². The Balaban J connectivity index is 1.79. The minimum atomic E-state index is -4.74. The van der Waals surface area contributed by atoms with E-state index in [9.17, 15) is 18.3 Å². The van der Waals surface area contributed by atoms with Crippen LogP contribution in [0.5, 0.6) is 0 Å². The van der Waals surface area contributed by atoms with Crippen molar-refractivity contribution in [2.75, 3.05) is 0 Å². The summed E-state index contributed by atoms with van der Waals surface area (Å²) >= 11 is 0. The molecule has 0 saturated heterocycles. The summed E-state index contributed by atoms with van der Waals surface area (Å²) in [4.78, 5) is 2.79. The molecule has 4 aromatic rings. The Labute approximate surface area is 166 Å². The molecule has 0 spiro atoms. The zero-order valence-corrected chi connectivity index (χ0v) is 15.3. The lowest BCUT2D eigenvalue weighted by atomic mass is 9.99. The van der Waals surface area contributed by atoms with Crippen molar-refractivity contribution in [2.24, 2.45) is 0 Å². The zero-order valence-electron chi connectivity index (χ0n) is 15.3. The lowest BCUT2D eigenvalue weighted by Crippen LogP contribution is -2.20. The van der Waals surface area contributed by atoms with E-state index in [2.05, 4.69) is 4.98 Å². The molecule has 2 N–H and O–H groups in total. The lowest BCUT2D eigenvalue weighted by molar-refractivity contribution is -0.207. The van der Waals surface area contributed by atoms with Gasteiger partial charge in [-0.2, -0.15) is 13.2 Å². The van der Waals surface area contributed by atoms with Gasteiger partial charge in [-0.1, -0.05) is 84.9 Å². The number of alkyl halides is 3. The Bertz CT molecular complexity index is 1080. The largest absolute Gasteiger partial charge is 0.420 e. The van der Waals surface area contributed by atoms with E-state index in [1.165, 1.54) is 6.07 Å². The van der Waals surface area contributed by atoms with Crippen molar-refractivity contribution in [3.8, 4) is 33.5 Å². The van der Waals surface area contributed by atoms with Crippen LogP contribution >= 0.6 is 0 Å². The van der Waals surface area contributed by atoms with Crippen LogP contribution in [-0.4, -0.2) is 16.3 Å². The van der Waals surface area contributed by atoms with Crippen LogP contribution in [0.4, 0.5) is 13.2 Å². The molecule has 2 nitrogen and oxygen atoms in total. The molecular weight excluding hydrogens is 375 g/mol. The molecule has 0 aliphatic heterocycles. The van der Waals surface area contributed by atoms with Crippen molar-refractivity contribution in [3.05, 3.63) is 96.7 Å². The summed E-state index contributed by atoms with van der Waals surface area (Å²) in [6.45, 7) is 0. The average molecular weight is 393 g/mol. The van der Waals surface area contributed by atoms with Crippen LogP contribution in [0.25, 0.3) is 33.5 Å². The number of aromatic nitrogens is 1. The molecule has 4 rings (SSSR count). The number of H-pyrrole nitrogens is 1. The lowest BCUT2D eigenvalue weighted by Gasteiger charge is -2.12. The third kappa shape index (κ3) is 3.96. The molecule has 0 bridgehead atoms. The predicted molar refractivity (Wildman–Crippen MR) is 108 cm³/mol. The highest BCUT2D eigenvalue weighted by molar-refractivity contribution is 5.83. The fourth-order valence-electron chi connectivity index (χ4n) is 3.33. The maximum Gasteiger partial charge on any atom is 0.420 e. The number of halogens is 3. The first-order chi connectivity index (χ1) is 13.9. The Hall–Kier alpha value is -3.31. The first-order valence-corrected chi connectivity index (χ1v) is 9.12. The molecule has 0 radical (unpaired) electrons. The van der Waals surface area contributed by atoms with Crippen molar-refractivity contribution in [1.29, 1.82) is 0 Å². The number of aliphatic hydroxyl groups excluding tert-OH is 1. The van der Waals surface area contributed by atoms with Gasteiger partial charge in [-0.15, -0.1) is 0 Å². The van der Waals surface area contributed by atoms with Gasteiger partial charge >= 0.3 is 6.18 Å². The molecule has 1 aromatic heterocycles. The van der Waals surface area contributed by atoms with Crippen LogP contribution in [0.3, 0.4) is 0 Å². The average Bonchev–Trinajstić information content (AvgIpc) is 3.19. The molecule has 0 amide bonds. The van der Waals surface area contributed by atoms with Gasteiger partial charge in [0.15, 0.2) is 6.10 Å². The first kappa shape index (κ1) is 19.0. The zero-order chi connectivity index (χ0) is 20.4. The maximum atomic E-state index is 13.1. The number of benzene rings is 3. The number of nitrogens with one attached hydrogen (secondary N) is 1. The summed E-state index contributed by atoms with van der Waals surface area (Å²) in [5.74, 6) is 0. The molecule has 0 aliphatic rings. The third-order valence-electron chi connectivity index (χ3n) is 4.81. The van der Waals surface area contributed by atoms with Crippen LogP contribution in [0.15, 0.2) is 91.0 Å². The molecule has 5 heteroatoms. The molecule has 3 aromatic carbocycles. The van der Waals surface area contributed by atoms with Crippen molar-refractivity contribution in [2.45, 2.75) is 12.3 Å². The van der Waals surface area contributed by atoms with Gasteiger partial charge in [0.1, 0.15) is 0 Å². The van der Waals surface area contributed by atoms with Gasteiger partial charge in [0.05, 0.1) is 11.4 Å². The molecule has 146 valence electrons. The standard InChI is InChI=1S/C24H18F3NO/c25-24(26,27)23(29)21-15-20(18-9-5-2-6-10-18)22(28-21)19-13-11-17(12-14-19)16-7-3-1-4-8-16/h1-15,23,28-29H. The fourth-order valence-corrected chi connectivity index (χ4v) is 3.33. The Morgan fingerprint density at radius 3 is 1.69 bits per heavy atom. The van der Waals surface area contributed by atoms with E-state index < -0.39 is 12.3 Å². The van der Waals surface area contributed by atoms with Crippen molar-refractivity contribution >= 4 is 0 Å². The molecular formula is C24H18F3NO. The van der Waals surface area contributed by atoms with Crippen LogP contribution < -0.4 is 0 Å². The second-order valence-corrected chi connectivity index (χ2v) is 6.77. The molecule has 29 heavy (non-hydrogen) atoms. The summed E-state index contributed by atoms with van der Waals surface area (Å²) in [7, 11) is 0. The van der Waals surface area contributed by atoms with E-state index in [1.54, 1.807) is 0 Å². The van der Waals surface area contributed by atoms with Gasteiger partial charge < -0.3 is 10.1 Å². The van der Waals surface area contributed by atoms with E-state index in [0.29, 0.717) is 11.3 Å². The van der Waals surface area contributed by atoms with Gasteiger partial charge in [-0.05, 0) is 28.3 Å². The Kier molecular flexibility index (Phi) is 4.99. The van der Waals surface area contributed by atoms with E-state index in [-0.39, 0.29) is 5.69 Å². The topological polar surface area (TPSA) is 36.0 Å². The number of hydrogen-bond donors (Lipinski definition) is 2. The third-order valence-corrected chi connectivity index (χ3v) is 4.81. The first-order valence-electron chi connectivity index (χ1n) is 9.12. The van der Waals surface area contributed by atoms with Gasteiger partial charge in [-0.3, -0.25) is 0 Å². The summed E-state index contributed by atoms with van der Waals surface area (Å²) in [5.41, 5.74) is 4.44. The van der Waals surface area contributed by atoms with E-state index in [1.807, 2.05) is 84.9 Å². The molecule has 0 saturated carbocycles. The number of aliphatic hydroxyl groups is 1. The molecule has 1 atom stereocenters. The minimum absolute atomic E-state index is 0.279. The number of aromatic amines is 1. The highest BCUT2D eigenvalue weighted by Gasteiger charge is 2.40. The van der Waals surface area contributed by atoms with Crippen LogP contribution in [-0.2, 0) is 0 Å². The van der Waals surface area contributed by atoms with Crippen LogP contribution in [0.1, 0.15) is 11.8 Å². The van der Waals surface area contributed by atoms with Crippen molar-refractivity contribution in [3.63, 3.8) is 0 Å². The van der Waals surface area contributed by atoms with E-state index in [4.69, 9.17) is 0 Å². The Morgan fingerprint density at radius 2 is 1.14 bits per heavy atom. The predicted octanol–water partition coefficient (Wildman–Crippen LogP) is 6.61. The van der Waals surface area contributed by atoms with Crippen LogP contribution in [0, 0.1) is 0 Å². The summed E-state index contributed by atoms with van der Waals surface area (Å²) < 4.78 is 39.2. The minimum Gasteiger partial charge on any atom is -0.378 e.